The number of para-hydroxylation sites is 1. The highest BCUT2D eigenvalue weighted by Gasteiger charge is 2.10. The molecule has 18 heavy (non-hydrogen) atoms. The van der Waals surface area contributed by atoms with E-state index < -0.39 is 5.91 Å². The Bertz CT molecular complexity index is 477. The highest BCUT2D eigenvalue weighted by atomic mass is 16.2. The highest BCUT2D eigenvalue weighted by Crippen LogP contribution is 2.13. The number of nitrogens with zero attached hydrogens (tertiary/aromatic N) is 1. The number of nitrogens with one attached hydrogen (secondary N) is 2. The van der Waals surface area contributed by atoms with Crippen LogP contribution in [0.25, 0.3) is 0 Å². The summed E-state index contributed by atoms with van der Waals surface area (Å²) in [6, 6.07) is 8.63. The molecule has 5 nitrogen and oxygen atoms in total. The zero-order valence-electron chi connectivity index (χ0n) is 10.2. The van der Waals surface area contributed by atoms with E-state index in [0.29, 0.717) is 17.8 Å². The molecular weight excluding hydrogens is 230 g/mol. The quantitative estimate of drug-likeness (QED) is 0.769. The van der Waals surface area contributed by atoms with E-state index in [0.717, 1.165) is 6.42 Å². The second kappa shape index (κ2) is 7.07. The molecule has 0 bridgehead atoms. The molecule has 0 aliphatic rings. The lowest BCUT2D eigenvalue weighted by molar-refractivity contribution is -0.126. The average molecular weight is 245 g/mol. The van der Waals surface area contributed by atoms with E-state index >= 15 is 0 Å². The number of carbonyl (C=O) groups excluding carboxylic acids is 2. The summed E-state index contributed by atoms with van der Waals surface area (Å²) in [4.78, 5) is 22.9. The Kier molecular flexibility index (Phi) is 5.39. The smallest absolute Gasteiger partial charge is 0.233 e. The molecule has 0 aliphatic heterocycles. The van der Waals surface area contributed by atoms with Crippen molar-refractivity contribution >= 4 is 17.5 Å². The van der Waals surface area contributed by atoms with E-state index in [9.17, 15) is 9.59 Å². The summed E-state index contributed by atoms with van der Waals surface area (Å²) in [5.74, 6) is -0.741. The van der Waals surface area contributed by atoms with Gasteiger partial charge in [0.1, 0.15) is 12.5 Å². The lowest BCUT2D eigenvalue weighted by Crippen LogP contribution is -2.28. The zero-order chi connectivity index (χ0) is 13.4. The SMILES string of the molecule is CCCNC(=O)CC(=O)Nc1ccccc1C#N. The van der Waals surface area contributed by atoms with Gasteiger partial charge < -0.3 is 10.6 Å². The van der Waals surface area contributed by atoms with Crippen LogP contribution < -0.4 is 10.6 Å². The summed E-state index contributed by atoms with van der Waals surface area (Å²) in [6.07, 6.45) is 0.588. The van der Waals surface area contributed by atoms with Crippen LogP contribution in [0, 0.1) is 11.3 Å². The molecule has 0 atom stereocenters. The standard InChI is InChI=1S/C13H15N3O2/c1-2-7-15-12(17)8-13(18)16-11-6-4-3-5-10(11)9-14/h3-6H,2,7-8H2,1H3,(H,15,17)(H,16,18). The molecule has 0 saturated heterocycles. The second-order valence-corrected chi connectivity index (χ2v) is 3.73. The van der Waals surface area contributed by atoms with Crippen LogP contribution in [-0.4, -0.2) is 18.4 Å². The topological polar surface area (TPSA) is 82.0 Å². The fourth-order valence-corrected chi connectivity index (χ4v) is 1.36. The van der Waals surface area contributed by atoms with E-state index in [1.807, 2.05) is 13.0 Å². The predicted molar refractivity (Wildman–Crippen MR) is 67.7 cm³/mol. The average Bonchev–Trinajstić information content (AvgIpc) is 2.36. The first-order chi connectivity index (χ1) is 8.67. The Morgan fingerprint density at radius 1 is 1.28 bits per heavy atom. The maximum absolute atomic E-state index is 11.6. The van der Waals surface area contributed by atoms with Crippen molar-refractivity contribution in [1.29, 1.82) is 5.26 Å². The van der Waals surface area contributed by atoms with Gasteiger partial charge in [0, 0.05) is 6.54 Å². The Labute approximate surface area is 106 Å². The fourth-order valence-electron chi connectivity index (χ4n) is 1.36. The number of benzene rings is 1. The number of rotatable bonds is 5. The van der Waals surface area contributed by atoms with Crippen molar-refractivity contribution in [2.45, 2.75) is 19.8 Å². The minimum Gasteiger partial charge on any atom is -0.356 e. The van der Waals surface area contributed by atoms with Gasteiger partial charge in [-0.25, -0.2) is 0 Å². The van der Waals surface area contributed by atoms with Crippen molar-refractivity contribution in [3.8, 4) is 6.07 Å². The normalized spacial score (nSPS) is 9.33. The van der Waals surface area contributed by atoms with Gasteiger partial charge in [0.25, 0.3) is 0 Å². The van der Waals surface area contributed by atoms with Crippen LogP contribution in [0.2, 0.25) is 0 Å². The lowest BCUT2D eigenvalue weighted by atomic mass is 10.2. The van der Waals surface area contributed by atoms with Crippen molar-refractivity contribution in [2.75, 3.05) is 11.9 Å². The first-order valence-corrected chi connectivity index (χ1v) is 5.73. The lowest BCUT2D eigenvalue weighted by Gasteiger charge is -2.07. The molecule has 1 aromatic carbocycles. The van der Waals surface area contributed by atoms with E-state index in [2.05, 4.69) is 10.6 Å². The summed E-state index contributed by atoms with van der Waals surface area (Å²) in [6.45, 7) is 2.49. The van der Waals surface area contributed by atoms with Gasteiger partial charge in [-0.1, -0.05) is 19.1 Å². The molecule has 0 spiro atoms. The summed E-state index contributed by atoms with van der Waals surface area (Å²) in [5, 5.41) is 14.0. The maximum atomic E-state index is 11.6. The van der Waals surface area contributed by atoms with Crippen molar-refractivity contribution in [3.63, 3.8) is 0 Å². The van der Waals surface area contributed by atoms with Gasteiger partial charge in [-0.15, -0.1) is 0 Å². The molecule has 5 heteroatoms. The minimum atomic E-state index is -0.425. The van der Waals surface area contributed by atoms with Gasteiger partial charge in [-0.2, -0.15) is 5.26 Å². The molecule has 0 saturated carbocycles. The van der Waals surface area contributed by atoms with E-state index in [1.165, 1.54) is 0 Å². The number of amides is 2. The van der Waals surface area contributed by atoms with Crippen LogP contribution in [0.4, 0.5) is 5.69 Å². The first kappa shape index (κ1) is 13.7. The Morgan fingerprint density at radius 3 is 2.67 bits per heavy atom. The molecule has 0 aromatic heterocycles. The van der Waals surface area contributed by atoms with Gasteiger partial charge in [0.05, 0.1) is 11.3 Å². The predicted octanol–water partition coefficient (Wildman–Crippen LogP) is 1.41. The minimum absolute atomic E-state index is 0.236. The number of nitriles is 1. The number of hydrogen-bond donors (Lipinski definition) is 2. The highest BCUT2D eigenvalue weighted by molar-refractivity contribution is 6.04. The van der Waals surface area contributed by atoms with Crippen LogP contribution in [-0.2, 0) is 9.59 Å². The molecule has 94 valence electrons. The monoisotopic (exact) mass is 245 g/mol. The van der Waals surface area contributed by atoms with Crippen molar-refractivity contribution in [3.05, 3.63) is 29.8 Å². The third-order valence-electron chi connectivity index (χ3n) is 2.21. The van der Waals surface area contributed by atoms with E-state index in [-0.39, 0.29) is 12.3 Å². The third kappa shape index (κ3) is 4.26. The largest absolute Gasteiger partial charge is 0.356 e. The van der Waals surface area contributed by atoms with Crippen LogP contribution in [0.1, 0.15) is 25.3 Å². The van der Waals surface area contributed by atoms with Gasteiger partial charge in [-0.05, 0) is 18.6 Å². The van der Waals surface area contributed by atoms with Gasteiger partial charge in [0.15, 0.2) is 0 Å². The molecule has 1 rings (SSSR count). The fraction of sp³-hybridized carbons (Fsp3) is 0.308. The summed E-state index contributed by atoms with van der Waals surface area (Å²) in [5.41, 5.74) is 0.799. The Hall–Kier alpha value is -2.35. The summed E-state index contributed by atoms with van der Waals surface area (Å²) >= 11 is 0. The zero-order valence-corrected chi connectivity index (χ0v) is 10.2. The van der Waals surface area contributed by atoms with Crippen molar-refractivity contribution in [2.24, 2.45) is 0 Å². The van der Waals surface area contributed by atoms with Gasteiger partial charge in [0.2, 0.25) is 11.8 Å². The summed E-state index contributed by atoms with van der Waals surface area (Å²) < 4.78 is 0. The van der Waals surface area contributed by atoms with Crippen molar-refractivity contribution < 1.29 is 9.59 Å². The molecule has 0 radical (unpaired) electrons. The third-order valence-corrected chi connectivity index (χ3v) is 2.21. The van der Waals surface area contributed by atoms with Crippen molar-refractivity contribution in [1.82, 2.24) is 5.32 Å². The molecule has 0 unspecified atom stereocenters. The molecule has 2 N–H and O–H groups in total. The number of anilines is 1. The van der Waals surface area contributed by atoms with E-state index in [4.69, 9.17) is 5.26 Å². The number of hydrogen-bond acceptors (Lipinski definition) is 3. The molecular formula is C13H15N3O2. The molecule has 0 fully saturated rings. The Morgan fingerprint density at radius 2 is 2.00 bits per heavy atom. The van der Waals surface area contributed by atoms with Crippen LogP contribution in [0.5, 0.6) is 0 Å². The van der Waals surface area contributed by atoms with Crippen LogP contribution in [0.15, 0.2) is 24.3 Å². The van der Waals surface area contributed by atoms with Gasteiger partial charge in [-0.3, -0.25) is 9.59 Å². The van der Waals surface area contributed by atoms with E-state index in [1.54, 1.807) is 24.3 Å². The summed E-state index contributed by atoms with van der Waals surface area (Å²) in [7, 11) is 0. The molecule has 0 heterocycles. The second-order valence-electron chi connectivity index (χ2n) is 3.73. The molecule has 1 aromatic rings. The molecule has 2 amide bonds. The first-order valence-electron chi connectivity index (χ1n) is 5.73. The van der Waals surface area contributed by atoms with Gasteiger partial charge >= 0.3 is 0 Å². The molecule has 0 aliphatic carbocycles. The maximum Gasteiger partial charge on any atom is 0.233 e. The Balaban J connectivity index is 2.55. The number of carbonyl (C=O) groups is 2. The van der Waals surface area contributed by atoms with Crippen LogP contribution >= 0.6 is 0 Å². The van der Waals surface area contributed by atoms with Crippen LogP contribution in [0.3, 0.4) is 0 Å².